The second-order valence-electron chi connectivity index (χ2n) is 8.12. The normalized spacial score (nSPS) is 14.5. The van der Waals surface area contributed by atoms with E-state index in [1.807, 2.05) is 72.8 Å². The molecule has 3 aromatic carbocycles. The summed E-state index contributed by atoms with van der Waals surface area (Å²) >= 11 is 6.28. The van der Waals surface area contributed by atoms with E-state index in [-0.39, 0.29) is 12.6 Å². The van der Waals surface area contributed by atoms with Crippen molar-refractivity contribution in [2.45, 2.75) is 19.4 Å². The predicted molar refractivity (Wildman–Crippen MR) is 137 cm³/mol. The van der Waals surface area contributed by atoms with Crippen molar-refractivity contribution in [1.82, 2.24) is 10.2 Å². The Morgan fingerprint density at radius 2 is 1.74 bits per heavy atom. The highest BCUT2D eigenvalue weighted by molar-refractivity contribution is 6.30. The van der Waals surface area contributed by atoms with E-state index < -0.39 is 5.97 Å². The lowest BCUT2D eigenvalue weighted by Gasteiger charge is -2.28. The topological polar surface area (TPSA) is 73.3 Å². The maximum atomic E-state index is 13.4. The average Bonchev–Trinajstić information content (AvgIpc) is 2.90. The number of fused-ring (bicyclic) bond motifs is 1. The van der Waals surface area contributed by atoms with Gasteiger partial charge in [-0.3, -0.25) is 0 Å². The van der Waals surface area contributed by atoms with Crippen LogP contribution in [0.4, 0.5) is 5.82 Å². The Hall–Kier alpha value is -3.90. The number of ether oxygens (including phenoxy) is 2. The molecule has 7 heteroatoms. The van der Waals surface area contributed by atoms with E-state index in [9.17, 15) is 4.79 Å². The molecule has 1 aliphatic heterocycles. The van der Waals surface area contributed by atoms with E-state index in [1.165, 1.54) is 0 Å². The summed E-state index contributed by atoms with van der Waals surface area (Å²) in [4.78, 5) is 13.4. The van der Waals surface area contributed by atoms with Crippen LogP contribution >= 0.6 is 11.6 Å². The summed E-state index contributed by atoms with van der Waals surface area (Å²) in [5, 5.41) is 13.1. The first-order chi connectivity index (χ1) is 17.2. The van der Waals surface area contributed by atoms with Crippen molar-refractivity contribution >= 4 is 23.4 Å². The van der Waals surface area contributed by atoms with E-state index in [0.717, 1.165) is 22.4 Å². The zero-order valence-corrected chi connectivity index (χ0v) is 20.0. The fourth-order valence-corrected chi connectivity index (χ4v) is 4.48. The minimum absolute atomic E-state index is 0.161. The van der Waals surface area contributed by atoms with Gasteiger partial charge in [0.05, 0.1) is 19.3 Å². The van der Waals surface area contributed by atoms with E-state index in [2.05, 4.69) is 15.5 Å². The monoisotopic (exact) mass is 485 g/mol. The number of carbonyl (C=O) groups excluding carboxylic acids is 1. The second-order valence-corrected chi connectivity index (χ2v) is 8.55. The highest BCUT2D eigenvalue weighted by atomic mass is 35.5. The van der Waals surface area contributed by atoms with E-state index in [0.29, 0.717) is 40.7 Å². The molecule has 1 N–H and O–H groups in total. The summed E-state index contributed by atoms with van der Waals surface area (Å²) < 4.78 is 11.3. The van der Waals surface area contributed by atoms with Gasteiger partial charge >= 0.3 is 5.97 Å². The van der Waals surface area contributed by atoms with Gasteiger partial charge in [-0.25, -0.2) is 4.79 Å². The molecule has 0 radical (unpaired) electrons. The van der Waals surface area contributed by atoms with Gasteiger partial charge in [-0.2, -0.15) is 0 Å². The van der Waals surface area contributed by atoms with Crippen molar-refractivity contribution in [3.05, 3.63) is 95.0 Å². The molecule has 0 saturated heterocycles. The molecule has 2 heterocycles. The zero-order chi connectivity index (χ0) is 24.2. The van der Waals surface area contributed by atoms with Crippen LogP contribution in [-0.2, 0) is 4.74 Å². The van der Waals surface area contributed by atoms with E-state index in [4.69, 9.17) is 21.1 Å². The van der Waals surface area contributed by atoms with Gasteiger partial charge < -0.3 is 14.8 Å². The summed E-state index contributed by atoms with van der Waals surface area (Å²) in [5.41, 5.74) is 4.25. The Labute approximate surface area is 208 Å². The molecule has 0 amide bonds. The van der Waals surface area contributed by atoms with Crippen LogP contribution < -0.4 is 10.1 Å². The van der Waals surface area contributed by atoms with Gasteiger partial charge in [0.1, 0.15) is 17.0 Å². The van der Waals surface area contributed by atoms with Crippen LogP contribution in [0.15, 0.2) is 78.9 Å². The van der Waals surface area contributed by atoms with Crippen LogP contribution in [0.5, 0.6) is 5.75 Å². The largest absolute Gasteiger partial charge is 0.493 e. The number of halogens is 1. The Morgan fingerprint density at radius 3 is 2.46 bits per heavy atom. The first-order valence-corrected chi connectivity index (χ1v) is 11.9. The van der Waals surface area contributed by atoms with Gasteiger partial charge in [0.25, 0.3) is 0 Å². The van der Waals surface area contributed by atoms with Gasteiger partial charge in [0.2, 0.25) is 0 Å². The molecule has 6 nitrogen and oxygen atoms in total. The number of aromatic nitrogens is 2. The van der Waals surface area contributed by atoms with Crippen molar-refractivity contribution in [3.8, 4) is 28.1 Å². The Kier molecular flexibility index (Phi) is 6.64. The molecular formula is C28H24ClN3O3. The number of hydrogen-bond acceptors (Lipinski definition) is 6. The van der Waals surface area contributed by atoms with Gasteiger partial charge in [-0.05, 0) is 30.7 Å². The standard InChI is InChI=1S/C28H24ClN3O3/c1-2-34-28(33)25-24(18-9-5-3-6-10-18)26(19-11-7-4-8-12-19)31-32-27(25)30-22-15-16-35-23-14-13-20(29)17-21(22)23/h3-14,17,22H,2,15-16H2,1H3,(H,30,32). The minimum atomic E-state index is -0.459. The molecule has 1 aromatic heterocycles. The lowest BCUT2D eigenvalue weighted by molar-refractivity contribution is 0.0528. The molecule has 176 valence electrons. The predicted octanol–water partition coefficient (Wildman–Crippen LogP) is 6.58. The molecule has 0 spiro atoms. The number of carbonyl (C=O) groups is 1. The first-order valence-electron chi connectivity index (χ1n) is 11.5. The molecule has 1 aliphatic rings. The molecule has 1 atom stereocenters. The number of benzene rings is 3. The SMILES string of the molecule is CCOC(=O)c1c(NC2CCOc3ccc(Cl)cc32)nnc(-c2ccccc2)c1-c1ccccc1. The maximum Gasteiger partial charge on any atom is 0.342 e. The van der Waals surface area contributed by atoms with Crippen LogP contribution in [0, 0.1) is 0 Å². The van der Waals surface area contributed by atoms with Crippen LogP contribution in [-0.4, -0.2) is 29.4 Å². The molecule has 1 unspecified atom stereocenters. The Balaban J connectivity index is 1.69. The summed E-state index contributed by atoms with van der Waals surface area (Å²) in [6.07, 6.45) is 0.679. The molecular weight excluding hydrogens is 462 g/mol. The van der Waals surface area contributed by atoms with Gasteiger partial charge in [0, 0.05) is 28.1 Å². The van der Waals surface area contributed by atoms with Crippen molar-refractivity contribution in [2.24, 2.45) is 0 Å². The molecule has 5 rings (SSSR count). The third kappa shape index (κ3) is 4.70. The van der Waals surface area contributed by atoms with Gasteiger partial charge in [0.15, 0.2) is 5.82 Å². The summed E-state index contributed by atoms with van der Waals surface area (Å²) in [7, 11) is 0. The number of anilines is 1. The number of rotatable bonds is 6. The third-order valence-corrected chi connectivity index (χ3v) is 6.12. The van der Waals surface area contributed by atoms with Crippen molar-refractivity contribution in [3.63, 3.8) is 0 Å². The average molecular weight is 486 g/mol. The van der Waals surface area contributed by atoms with E-state index >= 15 is 0 Å². The van der Waals surface area contributed by atoms with Crippen LogP contribution in [0.2, 0.25) is 5.02 Å². The lowest BCUT2D eigenvalue weighted by Crippen LogP contribution is -2.23. The summed E-state index contributed by atoms with van der Waals surface area (Å²) in [5.74, 6) is 0.659. The van der Waals surface area contributed by atoms with Crippen LogP contribution in [0.1, 0.15) is 35.3 Å². The molecule has 0 saturated carbocycles. The number of esters is 1. The van der Waals surface area contributed by atoms with Crippen LogP contribution in [0.25, 0.3) is 22.4 Å². The number of nitrogens with one attached hydrogen (secondary N) is 1. The fourth-order valence-electron chi connectivity index (χ4n) is 4.30. The minimum Gasteiger partial charge on any atom is -0.493 e. The molecule has 35 heavy (non-hydrogen) atoms. The van der Waals surface area contributed by atoms with E-state index in [1.54, 1.807) is 13.0 Å². The van der Waals surface area contributed by atoms with Gasteiger partial charge in [-0.15, -0.1) is 10.2 Å². The van der Waals surface area contributed by atoms with Crippen molar-refractivity contribution in [2.75, 3.05) is 18.5 Å². The lowest BCUT2D eigenvalue weighted by atomic mass is 9.94. The highest BCUT2D eigenvalue weighted by Crippen LogP contribution is 2.40. The summed E-state index contributed by atoms with van der Waals surface area (Å²) in [6.45, 7) is 2.56. The number of hydrogen-bond donors (Lipinski definition) is 1. The van der Waals surface area contributed by atoms with Crippen molar-refractivity contribution in [1.29, 1.82) is 0 Å². The highest BCUT2D eigenvalue weighted by Gasteiger charge is 2.29. The quantitative estimate of drug-likeness (QED) is 0.311. The molecule has 4 aromatic rings. The van der Waals surface area contributed by atoms with Gasteiger partial charge in [-0.1, -0.05) is 72.3 Å². The zero-order valence-electron chi connectivity index (χ0n) is 19.2. The van der Waals surface area contributed by atoms with Crippen LogP contribution in [0.3, 0.4) is 0 Å². The fraction of sp³-hybridized carbons (Fsp3) is 0.179. The smallest absolute Gasteiger partial charge is 0.342 e. The molecule has 0 fully saturated rings. The molecule has 0 aliphatic carbocycles. The molecule has 0 bridgehead atoms. The van der Waals surface area contributed by atoms with Crippen molar-refractivity contribution < 1.29 is 14.3 Å². The Bertz CT molecular complexity index is 1350. The first kappa shape index (κ1) is 22.9. The second kappa shape index (κ2) is 10.2. The summed E-state index contributed by atoms with van der Waals surface area (Å²) in [6, 6.07) is 24.8. The number of nitrogens with zero attached hydrogens (tertiary/aromatic N) is 2. The third-order valence-electron chi connectivity index (χ3n) is 5.89. The Morgan fingerprint density at radius 1 is 1.03 bits per heavy atom. The maximum absolute atomic E-state index is 13.4.